The molecule has 1 N–H and O–H groups in total. The Morgan fingerprint density at radius 2 is 1.74 bits per heavy atom. The van der Waals surface area contributed by atoms with Gasteiger partial charge in [0.1, 0.15) is 0 Å². The van der Waals surface area contributed by atoms with Crippen LogP contribution in [-0.4, -0.2) is 24.5 Å². The van der Waals surface area contributed by atoms with Gasteiger partial charge in [-0.2, -0.15) is 0 Å². The minimum Gasteiger partial charge on any atom is -0.421 e. The third kappa shape index (κ3) is 5.01. The zero-order chi connectivity index (χ0) is 19.4. The molecule has 0 spiro atoms. The fourth-order valence-corrected chi connectivity index (χ4v) is 3.54. The van der Waals surface area contributed by atoms with E-state index in [9.17, 15) is 13.2 Å². The van der Waals surface area contributed by atoms with E-state index in [-0.39, 0.29) is 23.6 Å². The van der Waals surface area contributed by atoms with E-state index in [1.54, 1.807) is 12.1 Å². The first-order valence-corrected chi connectivity index (χ1v) is 10.3. The van der Waals surface area contributed by atoms with Crippen molar-refractivity contribution >= 4 is 31.9 Å². The Bertz CT molecular complexity index is 1040. The third-order valence-corrected chi connectivity index (χ3v) is 5.62. The van der Waals surface area contributed by atoms with Gasteiger partial charge in [0.05, 0.1) is 4.90 Å². The molecule has 0 unspecified atom stereocenters. The average molecular weight is 450 g/mol. The van der Waals surface area contributed by atoms with Crippen LogP contribution in [0.15, 0.2) is 62.3 Å². The number of hydrogen-bond donors (Lipinski definition) is 1. The summed E-state index contributed by atoms with van der Waals surface area (Å²) >= 11 is 3.23. The zero-order valence-corrected chi connectivity index (χ0v) is 16.7. The fourth-order valence-electron chi connectivity index (χ4n) is 2.26. The number of aromatic nitrogens is 2. The number of carbonyl (C=O) groups is 1. The van der Waals surface area contributed by atoms with E-state index in [4.69, 9.17) is 4.42 Å². The standard InChI is InChI=1S/C18H16BrN3O4S/c1-12-2-4-13(5-3-12)18-21-20-17(26-18)11-10-16(23)22-27(24,25)15-8-6-14(19)7-9-15/h2-9H,10-11H2,1H3,(H,22,23). The third-order valence-electron chi connectivity index (χ3n) is 3.70. The minimum absolute atomic E-state index is 0.0125. The normalized spacial score (nSPS) is 11.3. The second-order valence-electron chi connectivity index (χ2n) is 5.85. The molecule has 0 fully saturated rings. The van der Waals surface area contributed by atoms with Crippen LogP contribution in [0, 0.1) is 6.92 Å². The van der Waals surface area contributed by atoms with Gasteiger partial charge in [0.2, 0.25) is 17.7 Å². The minimum atomic E-state index is -3.91. The van der Waals surface area contributed by atoms with Crippen LogP contribution in [0.3, 0.4) is 0 Å². The van der Waals surface area contributed by atoms with Crippen LogP contribution in [0.5, 0.6) is 0 Å². The Morgan fingerprint density at radius 3 is 2.41 bits per heavy atom. The number of aryl methyl sites for hydroxylation is 2. The molecule has 0 radical (unpaired) electrons. The van der Waals surface area contributed by atoms with Crippen molar-refractivity contribution in [2.75, 3.05) is 0 Å². The molecule has 0 aliphatic carbocycles. The van der Waals surface area contributed by atoms with E-state index in [2.05, 4.69) is 26.1 Å². The molecule has 0 bridgehead atoms. The first-order chi connectivity index (χ1) is 12.8. The number of nitrogens with one attached hydrogen (secondary N) is 1. The Morgan fingerprint density at radius 1 is 1.07 bits per heavy atom. The molecule has 3 aromatic rings. The van der Waals surface area contributed by atoms with Crippen LogP contribution in [0.25, 0.3) is 11.5 Å². The molecule has 1 heterocycles. The molecule has 9 heteroatoms. The molecular formula is C18H16BrN3O4S. The summed E-state index contributed by atoms with van der Waals surface area (Å²) in [5.74, 6) is -0.0253. The first-order valence-electron chi connectivity index (χ1n) is 8.04. The van der Waals surface area contributed by atoms with Crippen LogP contribution in [0.4, 0.5) is 0 Å². The van der Waals surface area contributed by atoms with Gasteiger partial charge in [0.15, 0.2) is 0 Å². The molecule has 0 aliphatic heterocycles. The molecule has 0 aliphatic rings. The maximum atomic E-state index is 12.2. The number of carbonyl (C=O) groups excluding carboxylic acids is 1. The zero-order valence-electron chi connectivity index (χ0n) is 14.3. The molecule has 1 amide bonds. The quantitative estimate of drug-likeness (QED) is 0.619. The van der Waals surface area contributed by atoms with Crippen molar-refractivity contribution in [3.63, 3.8) is 0 Å². The predicted molar refractivity (Wildman–Crippen MR) is 102 cm³/mol. The summed E-state index contributed by atoms with van der Waals surface area (Å²) in [6.45, 7) is 1.98. The number of halogens is 1. The predicted octanol–water partition coefficient (Wildman–Crippen LogP) is 3.25. The summed E-state index contributed by atoms with van der Waals surface area (Å²) in [6.07, 6.45) is 0.0475. The highest BCUT2D eigenvalue weighted by Gasteiger charge is 2.18. The van der Waals surface area contributed by atoms with E-state index >= 15 is 0 Å². The summed E-state index contributed by atoms with van der Waals surface area (Å²) < 4.78 is 32.7. The Kier molecular flexibility index (Phi) is 5.71. The van der Waals surface area contributed by atoms with Crippen molar-refractivity contribution in [2.24, 2.45) is 0 Å². The summed E-state index contributed by atoms with van der Waals surface area (Å²) in [4.78, 5) is 12.0. The van der Waals surface area contributed by atoms with E-state index in [1.165, 1.54) is 12.1 Å². The lowest BCUT2D eigenvalue weighted by molar-refractivity contribution is -0.119. The van der Waals surface area contributed by atoms with Gasteiger partial charge in [-0.25, -0.2) is 13.1 Å². The highest BCUT2D eigenvalue weighted by atomic mass is 79.9. The number of amides is 1. The second kappa shape index (κ2) is 8.01. The number of benzene rings is 2. The lowest BCUT2D eigenvalue weighted by Gasteiger charge is -2.06. The smallest absolute Gasteiger partial charge is 0.264 e. The SMILES string of the molecule is Cc1ccc(-c2nnc(CCC(=O)NS(=O)(=O)c3ccc(Br)cc3)o2)cc1. The Labute approximate surface area is 165 Å². The summed E-state index contributed by atoms with van der Waals surface area (Å²) in [7, 11) is -3.91. The maximum absolute atomic E-state index is 12.2. The molecule has 7 nitrogen and oxygen atoms in total. The summed E-state index contributed by atoms with van der Waals surface area (Å²) in [6, 6.07) is 13.6. The Hall–Kier alpha value is -2.52. The molecule has 1 aromatic heterocycles. The van der Waals surface area contributed by atoms with Gasteiger partial charge in [-0.05, 0) is 43.3 Å². The van der Waals surface area contributed by atoms with Crippen molar-refractivity contribution in [1.29, 1.82) is 0 Å². The van der Waals surface area contributed by atoms with Crippen LogP contribution < -0.4 is 4.72 Å². The molecule has 2 aromatic carbocycles. The van der Waals surface area contributed by atoms with Gasteiger partial charge in [-0.3, -0.25) is 4.79 Å². The van der Waals surface area contributed by atoms with E-state index in [1.807, 2.05) is 35.9 Å². The van der Waals surface area contributed by atoms with Crippen molar-refractivity contribution < 1.29 is 17.6 Å². The van der Waals surface area contributed by atoms with Crippen molar-refractivity contribution in [1.82, 2.24) is 14.9 Å². The van der Waals surface area contributed by atoms with Crippen molar-refractivity contribution in [3.8, 4) is 11.5 Å². The van der Waals surface area contributed by atoms with E-state index in [0.29, 0.717) is 5.89 Å². The lowest BCUT2D eigenvalue weighted by Crippen LogP contribution is -2.30. The van der Waals surface area contributed by atoms with Gasteiger partial charge in [0.25, 0.3) is 10.0 Å². The molecule has 0 saturated heterocycles. The topological polar surface area (TPSA) is 102 Å². The van der Waals surface area contributed by atoms with Crippen LogP contribution in [0.1, 0.15) is 17.9 Å². The van der Waals surface area contributed by atoms with Gasteiger partial charge >= 0.3 is 0 Å². The highest BCUT2D eigenvalue weighted by Crippen LogP contribution is 2.19. The molecular weight excluding hydrogens is 434 g/mol. The highest BCUT2D eigenvalue weighted by molar-refractivity contribution is 9.10. The maximum Gasteiger partial charge on any atom is 0.264 e. The summed E-state index contributed by atoms with van der Waals surface area (Å²) in [5.41, 5.74) is 1.89. The molecule has 0 atom stereocenters. The van der Waals surface area contributed by atoms with Crippen molar-refractivity contribution in [2.45, 2.75) is 24.7 Å². The number of rotatable bonds is 6. The largest absolute Gasteiger partial charge is 0.421 e. The fraction of sp³-hybridized carbons (Fsp3) is 0.167. The van der Waals surface area contributed by atoms with E-state index in [0.717, 1.165) is 15.6 Å². The number of nitrogens with zero attached hydrogens (tertiary/aromatic N) is 2. The Balaban J connectivity index is 1.59. The van der Waals surface area contributed by atoms with Gasteiger partial charge < -0.3 is 4.42 Å². The lowest BCUT2D eigenvalue weighted by atomic mass is 10.1. The number of hydrogen-bond acceptors (Lipinski definition) is 6. The van der Waals surface area contributed by atoms with Gasteiger partial charge in [-0.15, -0.1) is 10.2 Å². The van der Waals surface area contributed by atoms with Crippen molar-refractivity contribution in [3.05, 3.63) is 64.5 Å². The monoisotopic (exact) mass is 449 g/mol. The first kappa shape index (κ1) is 19.2. The molecule has 27 heavy (non-hydrogen) atoms. The summed E-state index contributed by atoms with van der Waals surface area (Å²) in [5, 5.41) is 7.85. The van der Waals surface area contributed by atoms with Crippen LogP contribution in [-0.2, 0) is 21.2 Å². The van der Waals surface area contributed by atoms with Crippen LogP contribution in [0.2, 0.25) is 0 Å². The molecule has 140 valence electrons. The van der Waals surface area contributed by atoms with Crippen LogP contribution >= 0.6 is 15.9 Å². The van der Waals surface area contributed by atoms with Gasteiger partial charge in [-0.1, -0.05) is 33.6 Å². The average Bonchev–Trinajstić information content (AvgIpc) is 3.10. The molecule has 3 rings (SSSR count). The second-order valence-corrected chi connectivity index (χ2v) is 8.45. The van der Waals surface area contributed by atoms with Gasteiger partial charge in [0, 0.05) is 22.9 Å². The number of sulfonamides is 1. The molecule has 0 saturated carbocycles. The van der Waals surface area contributed by atoms with E-state index < -0.39 is 15.9 Å².